The molecule has 2 nitrogen and oxygen atoms in total. The van der Waals surface area contributed by atoms with Crippen LogP contribution in [0.1, 0.15) is 33.4 Å². The minimum Gasteiger partial charge on any atom is -0.487 e. The van der Waals surface area contributed by atoms with Crippen LogP contribution in [0, 0.1) is 0 Å². The topological polar surface area (TPSA) is 9.23 Å². The van der Waals surface area contributed by atoms with Crippen molar-refractivity contribution in [1.82, 2.24) is 0 Å². The molecule has 0 bridgehead atoms. The van der Waals surface area contributed by atoms with Crippen LogP contribution in [-0.2, 0) is 19.3 Å². The first-order chi connectivity index (χ1) is 16.5. The fraction of sp³-hybridized carbons (Fsp3) is 0.250. The van der Waals surface area contributed by atoms with Crippen LogP contribution in [0.5, 0.6) is 5.75 Å². The van der Waals surface area contributed by atoms with Crippen molar-refractivity contribution in [3.63, 3.8) is 0 Å². The highest BCUT2D eigenvalue weighted by molar-refractivity contribution is 5.49. The van der Waals surface area contributed by atoms with Gasteiger partial charge < -0.3 is 9.22 Å². The lowest BCUT2D eigenvalue weighted by molar-refractivity contribution is -0.870. The van der Waals surface area contributed by atoms with Crippen molar-refractivity contribution in [2.24, 2.45) is 0 Å². The Morgan fingerprint density at radius 1 is 0.529 bits per heavy atom. The van der Waals surface area contributed by atoms with Gasteiger partial charge in [0.15, 0.2) is 0 Å². The first kappa shape index (κ1) is 23.8. The van der Waals surface area contributed by atoms with Crippen LogP contribution in [0.3, 0.4) is 0 Å². The van der Waals surface area contributed by atoms with E-state index in [0.717, 1.165) is 36.0 Å². The van der Waals surface area contributed by atoms with E-state index >= 15 is 0 Å². The first-order valence-corrected chi connectivity index (χ1v) is 12.2. The minimum atomic E-state index is 0.700. The van der Waals surface area contributed by atoms with Gasteiger partial charge in [-0.15, -0.1) is 0 Å². The van der Waals surface area contributed by atoms with E-state index in [4.69, 9.17) is 4.74 Å². The van der Waals surface area contributed by atoms with Gasteiger partial charge in [0, 0.05) is 12.8 Å². The third-order valence-electron chi connectivity index (χ3n) is 6.04. The molecule has 0 heterocycles. The Hall–Kier alpha value is -3.36. The molecule has 34 heavy (non-hydrogen) atoms. The van der Waals surface area contributed by atoms with Gasteiger partial charge in [0.1, 0.15) is 18.9 Å². The van der Waals surface area contributed by atoms with E-state index in [1.807, 2.05) is 0 Å². The molecule has 0 unspecified atom stereocenters. The van der Waals surface area contributed by atoms with Crippen molar-refractivity contribution in [3.8, 4) is 5.75 Å². The van der Waals surface area contributed by atoms with Crippen molar-refractivity contribution < 1.29 is 9.22 Å². The predicted molar refractivity (Wildman–Crippen MR) is 143 cm³/mol. The van der Waals surface area contributed by atoms with Gasteiger partial charge in [0.05, 0.1) is 21.1 Å². The second-order valence-corrected chi connectivity index (χ2v) is 10.1. The number of likely N-dealkylation sites (N-methyl/N-ethyl adjacent to an activating group) is 1. The van der Waals surface area contributed by atoms with Gasteiger partial charge in [-0.2, -0.15) is 0 Å². The zero-order valence-corrected chi connectivity index (χ0v) is 20.7. The third kappa shape index (κ3) is 7.07. The van der Waals surface area contributed by atoms with Crippen LogP contribution in [0.2, 0.25) is 0 Å². The van der Waals surface area contributed by atoms with Gasteiger partial charge in [0.2, 0.25) is 0 Å². The Morgan fingerprint density at radius 2 is 0.941 bits per heavy atom. The maximum absolute atomic E-state index is 6.58. The molecule has 0 aliphatic heterocycles. The highest BCUT2D eigenvalue weighted by Gasteiger charge is 2.16. The van der Waals surface area contributed by atoms with Gasteiger partial charge >= 0.3 is 0 Å². The maximum atomic E-state index is 6.58. The molecule has 2 heteroatoms. The summed E-state index contributed by atoms with van der Waals surface area (Å²) in [5, 5.41) is 0. The van der Waals surface area contributed by atoms with E-state index in [9.17, 15) is 0 Å². The van der Waals surface area contributed by atoms with Gasteiger partial charge in [-0.3, -0.25) is 0 Å². The molecule has 0 atom stereocenters. The first-order valence-electron chi connectivity index (χ1n) is 12.2. The molecule has 0 aliphatic rings. The van der Waals surface area contributed by atoms with E-state index in [2.05, 4.69) is 124 Å². The molecule has 0 N–H and O–H groups in total. The molecule has 0 saturated heterocycles. The summed E-state index contributed by atoms with van der Waals surface area (Å²) in [6.07, 6.45) is 2.65. The summed E-state index contributed by atoms with van der Waals surface area (Å²) < 4.78 is 7.46. The largest absolute Gasteiger partial charge is 0.487 e. The SMILES string of the molecule is C[N+](C)(C)CCOc1c(Cc2ccccc2)cc(Cc2ccccc2)cc1Cc1ccccc1. The second kappa shape index (κ2) is 11.2. The van der Waals surface area contributed by atoms with E-state index in [1.165, 1.54) is 33.4 Å². The quantitative estimate of drug-likeness (QED) is 0.249. The van der Waals surface area contributed by atoms with E-state index < -0.39 is 0 Å². The van der Waals surface area contributed by atoms with E-state index in [1.54, 1.807) is 0 Å². The monoisotopic (exact) mass is 450 g/mol. The number of benzene rings is 4. The number of ether oxygens (including phenoxy) is 1. The minimum absolute atomic E-state index is 0.700. The number of quaternary nitrogens is 1. The van der Waals surface area contributed by atoms with Crippen LogP contribution in [-0.4, -0.2) is 38.8 Å². The summed E-state index contributed by atoms with van der Waals surface area (Å²) in [7, 11) is 6.63. The summed E-state index contributed by atoms with van der Waals surface area (Å²) in [5.74, 6) is 1.05. The van der Waals surface area contributed by atoms with Crippen LogP contribution in [0.15, 0.2) is 103 Å². The molecule has 0 fully saturated rings. The number of nitrogens with zero attached hydrogens (tertiary/aromatic N) is 1. The van der Waals surface area contributed by atoms with Crippen LogP contribution < -0.4 is 4.74 Å². The molecular formula is C32H36NO+. The molecule has 4 rings (SSSR count). The van der Waals surface area contributed by atoms with Gasteiger partial charge in [-0.1, -0.05) is 103 Å². The highest BCUT2D eigenvalue weighted by atomic mass is 16.5. The zero-order valence-electron chi connectivity index (χ0n) is 20.7. The van der Waals surface area contributed by atoms with Crippen LogP contribution in [0.25, 0.3) is 0 Å². The molecule has 0 aromatic heterocycles. The number of rotatable bonds is 10. The molecule has 0 aliphatic carbocycles. The van der Waals surface area contributed by atoms with Crippen LogP contribution >= 0.6 is 0 Å². The van der Waals surface area contributed by atoms with Crippen molar-refractivity contribution >= 4 is 0 Å². The molecule has 4 aromatic rings. The summed E-state index contributed by atoms with van der Waals surface area (Å²) in [6, 6.07) is 36.9. The predicted octanol–water partition coefficient (Wildman–Crippen LogP) is 6.54. The smallest absolute Gasteiger partial charge is 0.137 e. The summed E-state index contributed by atoms with van der Waals surface area (Å²) in [5.41, 5.74) is 7.82. The lowest BCUT2D eigenvalue weighted by Crippen LogP contribution is -2.38. The van der Waals surface area contributed by atoms with Gasteiger partial charge in [0.25, 0.3) is 0 Å². The Morgan fingerprint density at radius 3 is 1.35 bits per heavy atom. The fourth-order valence-electron chi connectivity index (χ4n) is 4.26. The number of hydrogen-bond acceptors (Lipinski definition) is 1. The Labute approximate surface area is 205 Å². The average molecular weight is 451 g/mol. The van der Waals surface area contributed by atoms with Crippen molar-refractivity contribution in [2.75, 3.05) is 34.3 Å². The summed E-state index contributed by atoms with van der Waals surface area (Å²) >= 11 is 0. The fourth-order valence-corrected chi connectivity index (χ4v) is 4.26. The summed E-state index contributed by atoms with van der Waals surface area (Å²) in [6.45, 7) is 1.66. The van der Waals surface area contributed by atoms with E-state index in [0.29, 0.717) is 6.61 Å². The molecule has 0 amide bonds. The average Bonchev–Trinajstić information content (AvgIpc) is 2.82. The summed E-state index contributed by atoms with van der Waals surface area (Å²) in [4.78, 5) is 0. The normalized spacial score (nSPS) is 11.4. The highest BCUT2D eigenvalue weighted by Crippen LogP contribution is 2.31. The van der Waals surface area contributed by atoms with E-state index in [-0.39, 0.29) is 0 Å². The van der Waals surface area contributed by atoms with Crippen molar-refractivity contribution in [1.29, 1.82) is 0 Å². The van der Waals surface area contributed by atoms with Crippen molar-refractivity contribution in [2.45, 2.75) is 19.3 Å². The molecule has 0 saturated carbocycles. The zero-order chi connectivity index (χ0) is 23.8. The lowest BCUT2D eigenvalue weighted by atomic mass is 9.92. The Balaban J connectivity index is 1.74. The van der Waals surface area contributed by atoms with Gasteiger partial charge in [-0.05, 0) is 39.8 Å². The molecule has 0 spiro atoms. The molecule has 4 aromatic carbocycles. The molecule has 0 radical (unpaired) electrons. The molecule has 174 valence electrons. The standard InChI is InChI=1S/C32H36NO/c1-33(2,3)19-20-34-32-30(22-27-15-9-5-10-16-27)24-29(21-26-13-7-4-8-14-26)25-31(32)23-28-17-11-6-12-18-28/h4-18,24-25H,19-23H2,1-3H3/q+1. The second-order valence-electron chi connectivity index (χ2n) is 10.1. The Bertz CT molecular complexity index is 1100. The van der Waals surface area contributed by atoms with Crippen molar-refractivity contribution in [3.05, 3.63) is 137 Å². The number of hydrogen-bond donors (Lipinski definition) is 0. The lowest BCUT2D eigenvalue weighted by Gasteiger charge is -2.25. The third-order valence-corrected chi connectivity index (χ3v) is 6.04. The Kier molecular flexibility index (Phi) is 7.82. The maximum Gasteiger partial charge on any atom is 0.137 e. The van der Waals surface area contributed by atoms with Gasteiger partial charge in [-0.25, -0.2) is 0 Å². The molecular weight excluding hydrogens is 414 g/mol. The van der Waals surface area contributed by atoms with Crippen LogP contribution in [0.4, 0.5) is 0 Å².